The van der Waals surface area contributed by atoms with Crippen molar-refractivity contribution in [1.29, 1.82) is 0 Å². The van der Waals surface area contributed by atoms with E-state index in [9.17, 15) is 4.21 Å². The van der Waals surface area contributed by atoms with E-state index in [-0.39, 0.29) is 4.75 Å². The van der Waals surface area contributed by atoms with E-state index in [4.69, 9.17) is 4.74 Å². The fourth-order valence-corrected chi connectivity index (χ4v) is 1.25. The van der Waals surface area contributed by atoms with E-state index in [1.807, 2.05) is 27.7 Å². The van der Waals surface area contributed by atoms with Crippen LogP contribution in [0.4, 0.5) is 0 Å². The van der Waals surface area contributed by atoms with Gasteiger partial charge in [0.2, 0.25) is 0 Å². The zero-order valence-electron chi connectivity index (χ0n) is 9.09. The minimum Gasteiger partial charge on any atom is -0.484 e. The Kier molecular flexibility index (Phi) is 5.21. The number of hydrogen-bond acceptors (Lipinski definition) is 2. The van der Waals surface area contributed by atoms with Gasteiger partial charge in [-0.25, -0.2) is 4.21 Å². The lowest BCUT2D eigenvalue weighted by atomic mass is 10.3. The van der Waals surface area contributed by atoms with Gasteiger partial charge in [0.05, 0.1) is 11.9 Å². The number of hydrogen-bond donors (Lipinski definition) is 0. The van der Waals surface area contributed by atoms with Crippen LogP contribution in [-0.2, 0) is 15.7 Å². The minimum atomic E-state index is -1.21. The molecular weight excluding hydrogens is 186 g/mol. The molecule has 0 aromatic rings. The van der Waals surface area contributed by atoms with E-state index in [2.05, 4.69) is 4.40 Å². The molecule has 0 bridgehead atoms. The van der Waals surface area contributed by atoms with Crippen LogP contribution in [0.15, 0.2) is 4.40 Å². The molecule has 0 spiro atoms. The van der Waals surface area contributed by atoms with Gasteiger partial charge in [-0.1, -0.05) is 6.92 Å². The molecule has 0 fully saturated rings. The molecule has 0 saturated heterocycles. The lowest BCUT2D eigenvalue weighted by Crippen LogP contribution is -2.21. The summed E-state index contributed by atoms with van der Waals surface area (Å²) in [4.78, 5) is 0. The molecule has 0 saturated carbocycles. The Balaban J connectivity index is 4.42. The van der Waals surface area contributed by atoms with Crippen molar-refractivity contribution in [2.75, 3.05) is 7.11 Å². The standard InChI is InChI=1S/C9H19NO2S/c1-6-7-8(12-5)10-13(11)9(2,3)4/h6-7H2,1-5H3/b10-8+/t13-/m1/s1. The van der Waals surface area contributed by atoms with Crippen LogP contribution in [0.1, 0.15) is 40.5 Å². The molecule has 0 unspecified atom stereocenters. The molecule has 4 heteroatoms. The van der Waals surface area contributed by atoms with E-state index in [0.29, 0.717) is 5.90 Å². The third kappa shape index (κ3) is 5.03. The Labute approximate surface area is 83.2 Å². The highest BCUT2D eigenvalue weighted by Crippen LogP contribution is 2.13. The molecule has 0 aromatic heterocycles. The van der Waals surface area contributed by atoms with Crippen molar-refractivity contribution in [1.82, 2.24) is 0 Å². The Morgan fingerprint density at radius 3 is 2.31 bits per heavy atom. The van der Waals surface area contributed by atoms with Gasteiger partial charge in [0.15, 0.2) is 5.90 Å². The van der Waals surface area contributed by atoms with Gasteiger partial charge < -0.3 is 4.74 Å². The van der Waals surface area contributed by atoms with Gasteiger partial charge in [-0.05, 0) is 27.2 Å². The van der Waals surface area contributed by atoms with Crippen LogP contribution >= 0.6 is 0 Å². The Hall–Kier alpha value is -0.380. The normalized spacial score (nSPS) is 15.6. The molecule has 0 heterocycles. The summed E-state index contributed by atoms with van der Waals surface area (Å²) in [6.45, 7) is 7.72. The summed E-state index contributed by atoms with van der Waals surface area (Å²) in [5.74, 6) is 0.579. The van der Waals surface area contributed by atoms with E-state index >= 15 is 0 Å². The minimum absolute atomic E-state index is 0.308. The third-order valence-corrected chi connectivity index (χ3v) is 2.83. The van der Waals surface area contributed by atoms with Gasteiger partial charge in [0.1, 0.15) is 11.0 Å². The quantitative estimate of drug-likeness (QED) is 0.524. The number of methoxy groups -OCH3 is 1. The fraction of sp³-hybridized carbons (Fsp3) is 0.889. The number of ether oxygens (including phenoxy) is 1. The number of nitrogens with zero attached hydrogens (tertiary/aromatic N) is 1. The average Bonchev–Trinajstić information content (AvgIpc) is 2.01. The zero-order valence-corrected chi connectivity index (χ0v) is 9.90. The molecule has 78 valence electrons. The second-order valence-electron chi connectivity index (χ2n) is 3.80. The number of rotatable bonds is 3. The highest BCUT2D eigenvalue weighted by molar-refractivity contribution is 7.85. The summed E-state index contributed by atoms with van der Waals surface area (Å²) in [5.41, 5.74) is 0. The maximum Gasteiger partial charge on any atom is 0.197 e. The molecule has 0 rings (SSSR count). The first kappa shape index (κ1) is 12.6. The predicted molar refractivity (Wildman–Crippen MR) is 57.2 cm³/mol. The summed E-state index contributed by atoms with van der Waals surface area (Å²) in [5, 5.41) is 0. The molecule has 0 aliphatic carbocycles. The summed E-state index contributed by atoms with van der Waals surface area (Å²) in [7, 11) is 0.358. The lowest BCUT2D eigenvalue weighted by Gasteiger charge is -2.14. The summed E-state index contributed by atoms with van der Waals surface area (Å²) >= 11 is 0. The van der Waals surface area contributed by atoms with Crippen molar-refractivity contribution in [3.8, 4) is 0 Å². The molecule has 13 heavy (non-hydrogen) atoms. The molecule has 3 nitrogen and oxygen atoms in total. The Bertz CT molecular complexity index is 206. The molecule has 0 radical (unpaired) electrons. The fourth-order valence-electron chi connectivity index (χ4n) is 0.628. The molecule has 1 atom stereocenters. The van der Waals surface area contributed by atoms with Gasteiger partial charge >= 0.3 is 0 Å². The predicted octanol–water partition coefficient (Wildman–Crippen LogP) is 2.29. The van der Waals surface area contributed by atoms with Crippen molar-refractivity contribution in [3.63, 3.8) is 0 Å². The van der Waals surface area contributed by atoms with E-state index in [1.165, 1.54) is 0 Å². The maximum atomic E-state index is 11.6. The molecule has 0 aliphatic heterocycles. The smallest absolute Gasteiger partial charge is 0.197 e. The van der Waals surface area contributed by atoms with Gasteiger partial charge in [-0.3, -0.25) is 0 Å². The van der Waals surface area contributed by atoms with Gasteiger partial charge in [-0.15, -0.1) is 0 Å². The van der Waals surface area contributed by atoms with Crippen molar-refractivity contribution in [3.05, 3.63) is 0 Å². The SMILES string of the molecule is CCC/C(=N\[S@](=O)C(C)(C)C)OC. The topological polar surface area (TPSA) is 38.7 Å². The van der Waals surface area contributed by atoms with Gasteiger partial charge in [0, 0.05) is 6.42 Å². The first-order chi connectivity index (χ1) is 5.91. The van der Waals surface area contributed by atoms with Crippen LogP contribution in [0.25, 0.3) is 0 Å². The van der Waals surface area contributed by atoms with Crippen molar-refractivity contribution < 1.29 is 8.95 Å². The highest BCUT2D eigenvalue weighted by Gasteiger charge is 2.19. The van der Waals surface area contributed by atoms with Crippen LogP contribution in [0, 0.1) is 0 Å². The van der Waals surface area contributed by atoms with Gasteiger partial charge in [-0.2, -0.15) is 4.40 Å². The molecule has 0 amide bonds. The van der Waals surface area contributed by atoms with Crippen LogP contribution in [0.2, 0.25) is 0 Å². The molecule has 0 aliphatic rings. The molecule has 0 aromatic carbocycles. The third-order valence-electron chi connectivity index (χ3n) is 1.41. The first-order valence-corrected chi connectivity index (χ1v) is 5.56. The Morgan fingerprint density at radius 2 is 2.00 bits per heavy atom. The van der Waals surface area contributed by atoms with Crippen molar-refractivity contribution in [2.24, 2.45) is 4.40 Å². The highest BCUT2D eigenvalue weighted by atomic mass is 32.2. The van der Waals surface area contributed by atoms with E-state index in [1.54, 1.807) is 7.11 Å². The van der Waals surface area contributed by atoms with Crippen LogP contribution in [0.5, 0.6) is 0 Å². The van der Waals surface area contributed by atoms with Crippen LogP contribution in [0.3, 0.4) is 0 Å². The van der Waals surface area contributed by atoms with E-state index in [0.717, 1.165) is 12.8 Å². The zero-order chi connectivity index (χ0) is 10.5. The Morgan fingerprint density at radius 1 is 1.46 bits per heavy atom. The van der Waals surface area contributed by atoms with Gasteiger partial charge in [0.25, 0.3) is 0 Å². The van der Waals surface area contributed by atoms with Crippen LogP contribution in [-0.4, -0.2) is 22.0 Å². The second kappa shape index (κ2) is 5.37. The van der Waals surface area contributed by atoms with Crippen molar-refractivity contribution >= 4 is 16.9 Å². The second-order valence-corrected chi connectivity index (χ2v) is 5.71. The molecular formula is C9H19NO2S. The lowest BCUT2D eigenvalue weighted by molar-refractivity contribution is 0.390. The van der Waals surface area contributed by atoms with Crippen molar-refractivity contribution in [2.45, 2.75) is 45.3 Å². The largest absolute Gasteiger partial charge is 0.484 e. The van der Waals surface area contributed by atoms with Crippen LogP contribution < -0.4 is 0 Å². The monoisotopic (exact) mass is 205 g/mol. The van der Waals surface area contributed by atoms with E-state index < -0.39 is 11.0 Å². The summed E-state index contributed by atoms with van der Waals surface area (Å²) in [6, 6.07) is 0. The first-order valence-electron chi connectivity index (χ1n) is 4.45. The molecule has 0 N–H and O–H groups in total. The summed E-state index contributed by atoms with van der Waals surface area (Å²) in [6.07, 6.45) is 1.70. The average molecular weight is 205 g/mol. The summed E-state index contributed by atoms with van der Waals surface area (Å²) < 4.78 is 20.3. The maximum absolute atomic E-state index is 11.6.